The smallest absolute Gasteiger partial charge is 0.323 e. The molecule has 80 valence electrons. The summed E-state index contributed by atoms with van der Waals surface area (Å²) in [4.78, 5) is 11.5. The highest BCUT2D eigenvalue weighted by molar-refractivity contribution is 8.00. The van der Waals surface area contributed by atoms with E-state index in [0.717, 1.165) is 5.75 Å². The molecule has 1 saturated heterocycles. The minimum atomic E-state index is -0.111. The SMILES string of the molecule is COC(=O)[C@@H]1CSC2(CCCCC2)N1. The molecule has 4 heteroatoms. The van der Waals surface area contributed by atoms with Gasteiger partial charge in [0.1, 0.15) is 6.04 Å². The Hall–Kier alpha value is -0.220. The van der Waals surface area contributed by atoms with E-state index >= 15 is 0 Å². The van der Waals surface area contributed by atoms with E-state index in [2.05, 4.69) is 5.32 Å². The monoisotopic (exact) mass is 215 g/mol. The van der Waals surface area contributed by atoms with Crippen LogP contribution in [0.1, 0.15) is 32.1 Å². The third kappa shape index (κ3) is 1.91. The summed E-state index contributed by atoms with van der Waals surface area (Å²) < 4.78 is 4.75. The van der Waals surface area contributed by atoms with Crippen LogP contribution in [0.4, 0.5) is 0 Å². The largest absolute Gasteiger partial charge is 0.468 e. The van der Waals surface area contributed by atoms with Crippen LogP contribution in [-0.4, -0.2) is 29.7 Å². The number of thioether (sulfide) groups is 1. The van der Waals surface area contributed by atoms with E-state index in [4.69, 9.17) is 4.74 Å². The van der Waals surface area contributed by atoms with Crippen LogP contribution in [0.2, 0.25) is 0 Å². The lowest BCUT2D eigenvalue weighted by Gasteiger charge is -2.33. The minimum Gasteiger partial charge on any atom is -0.468 e. The number of hydrogen-bond donors (Lipinski definition) is 1. The maximum absolute atomic E-state index is 11.3. The topological polar surface area (TPSA) is 38.3 Å². The summed E-state index contributed by atoms with van der Waals surface area (Å²) in [5, 5.41) is 3.45. The third-order valence-corrected chi connectivity index (χ3v) is 4.69. The van der Waals surface area contributed by atoms with Crippen LogP contribution in [0.15, 0.2) is 0 Å². The van der Waals surface area contributed by atoms with E-state index in [1.54, 1.807) is 0 Å². The third-order valence-electron chi connectivity index (χ3n) is 3.11. The van der Waals surface area contributed by atoms with Crippen molar-refractivity contribution >= 4 is 17.7 Å². The second-order valence-corrected chi connectivity index (χ2v) is 5.49. The van der Waals surface area contributed by atoms with Crippen LogP contribution < -0.4 is 5.32 Å². The van der Waals surface area contributed by atoms with Crippen LogP contribution in [0.25, 0.3) is 0 Å². The van der Waals surface area contributed by atoms with Crippen molar-refractivity contribution in [2.24, 2.45) is 0 Å². The highest BCUT2D eigenvalue weighted by Crippen LogP contribution is 2.42. The first-order valence-corrected chi connectivity index (χ1v) is 6.24. The average Bonchev–Trinajstić information content (AvgIpc) is 2.62. The highest BCUT2D eigenvalue weighted by Gasteiger charge is 2.42. The summed E-state index contributed by atoms with van der Waals surface area (Å²) in [5.41, 5.74) is 0. The van der Waals surface area contributed by atoms with Crippen LogP contribution in [0.3, 0.4) is 0 Å². The van der Waals surface area contributed by atoms with E-state index in [9.17, 15) is 4.79 Å². The molecule has 1 N–H and O–H groups in total. The molecule has 1 aliphatic heterocycles. The quantitative estimate of drug-likeness (QED) is 0.673. The van der Waals surface area contributed by atoms with Crippen LogP contribution in [0.5, 0.6) is 0 Å². The summed E-state index contributed by atoms with van der Waals surface area (Å²) >= 11 is 1.91. The number of esters is 1. The van der Waals surface area contributed by atoms with Crippen molar-refractivity contribution < 1.29 is 9.53 Å². The Labute approximate surface area is 89.0 Å². The first kappa shape index (κ1) is 10.3. The van der Waals surface area contributed by atoms with Gasteiger partial charge in [0.25, 0.3) is 0 Å². The van der Waals surface area contributed by atoms with E-state index < -0.39 is 0 Å². The Kier molecular flexibility index (Phi) is 3.02. The predicted octanol–water partition coefficient (Wildman–Crippen LogP) is 1.52. The lowest BCUT2D eigenvalue weighted by Crippen LogP contribution is -2.46. The fourth-order valence-electron chi connectivity index (χ4n) is 2.32. The molecule has 2 rings (SSSR count). The Morgan fingerprint density at radius 2 is 2.14 bits per heavy atom. The van der Waals surface area contributed by atoms with Crippen LogP contribution in [-0.2, 0) is 9.53 Å². The molecule has 0 aromatic rings. The number of nitrogens with one attached hydrogen (secondary N) is 1. The van der Waals surface area contributed by atoms with Gasteiger partial charge in [0.15, 0.2) is 0 Å². The highest BCUT2D eigenvalue weighted by atomic mass is 32.2. The number of methoxy groups -OCH3 is 1. The maximum Gasteiger partial charge on any atom is 0.323 e. The zero-order valence-corrected chi connectivity index (χ0v) is 9.36. The Morgan fingerprint density at radius 3 is 2.79 bits per heavy atom. The van der Waals surface area contributed by atoms with Crippen molar-refractivity contribution in [2.75, 3.05) is 12.9 Å². The van der Waals surface area contributed by atoms with E-state index in [0.29, 0.717) is 0 Å². The standard InChI is InChI=1S/C10H17NO2S/c1-13-9(12)8-7-14-10(11-8)5-3-2-4-6-10/h8,11H,2-7H2,1H3/t8-/m0/s1. The molecule has 14 heavy (non-hydrogen) atoms. The number of carbonyl (C=O) groups is 1. The summed E-state index contributed by atoms with van der Waals surface area (Å²) in [6.07, 6.45) is 6.31. The lowest BCUT2D eigenvalue weighted by atomic mass is 9.94. The lowest BCUT2D eigenvalue weighted by molar-refractivity contribution is -0.142. The molecule has 0 bridgehead atoms. The van der Waals surface area contributed by atoms with Gasteiger partial charge in [0.05, 0.1) is 12.0 Å². The molecule has 1 heterocycles. The van der Waals surface area contributed by atoms with Gasteiger partial charge in [-0.15, -0.1) is 11.8 Å². The molecule has 1 saturated carbocycles. The van der Waals surface area contributed by atoms with Gasteiger partial charge in [-0.3, -0.25) is 10.1 Å². The van der Waals surface area contributed by atoms with Gasteiger partial charge in [0.2, 0.25) is 0 Å². The van der Waals surface area contributed by atoms with Gasteiger partial charge in [-0.2, -0.15) is 0 Å². The summed E-state index contributed by atoms with van der Waals surface area (Å²) in [7, 11) is 1.46. The minimum absolute atomic E-state index is 0.0805. The Morgan fingerprint density at radius 1 is 1.43 bits per heavy atom. The van der Waals surface area contributed by atoms with Gasteiger partial charge >= 0.3 is 5.97 Å². The molecule has 0 unspecified atom stereocenters. The van der Waals surface area contributed by atoms with E-state index in [1.165, 1.54) is 39.2 Å². The molecular weight excluding hydrogens is 198 g/mol. The molecule has 2 fully saturated rings. The number of ether oxygens (including phenoxy) is 1. The summed E-state index contributed by atoms with van der Waals surface area (Å²) in [5.74, 6) is 0.757. The van der Waals surface area contributed by atoms with Crippen molar-refractivity contribution in [3.63, 3.8) is 0 Å². The molecule has 2 aliphatic rings. The average molecular weight is 215 g/mol. The molecule has 1 aliphatic carbocycles. The van der Waals surface area contributed by atoms with Crippen LogP contribution in [0, 0.1) is 0 Å². The summed E-state index contributed by atoms with van der Waals surface area (Å²) in [6.45, 7) is 0. The zero-order chi connectivity index (χ0) is 10.0. The van der Waals surface area contributed by atoms with E-state index in [-0.39, 0.29) is 16.9 Å². The molecule has 3 nitrogen and oxygen atoms in total. The Bertz CT molecular complexity index is 226. The molecule has 0 radical (unpaired) electrons. The molecular formula is C10H17NO2S. The van der Waals surface area contributed by atoms with Gasteiger partial charge in [-0.1, -0.05) is 19.3 Å². The normalized spacial score (nSPS) is 30.5. The van der Waals surface area contributed by atoms with Crippen molar-refractivity contribution in [3.05, 3.63) is 0 Å². The number of hydrogen-bond acceptors (Lipinski definition) is 4. The first-order chi connectivity index (χ1) is 6.76. The molecule has 0 aromatic heterocycles. The fourth-order valence-corrected chi connectivity index (χ4v) is 3.83. The van der Waals surface area contributed by atoms with Gasteiger partial charge < -0.3 is 4.74 Å². The van der Waals surface area contributed by atoms with Gasteiger partial charge in [0, 0.05) is 5.75 Å². The second kappa shape index (κ2) is 4.11. The van der Waals surface area contributed by atoms with Crippen molar-refractivity contribution in [1.82, 2.24) is 5.32 Å². The zero-order valence-electron chi connectivity index (χ0n) is 8.54. The molecule has 1 spiro atoms. The number of carbonyl (C=O) groups excluding carboxylic acids is 1. The first-order valence-electron chi connectivity index (χ1n) is 5.25. The van der Waals surface area contributed by atoms with Crippen molar-refractivity contribution in [3.8, 4) is 0 Å². The fraction of sp³-hybridized carbons (Fsp3) is 0.900. The number of rotatable bonds is 1. The predicted molar refractivity (Wildman–Crippen MR) is 57.2 cm³/mol. The Balaban J connectivity index is 1.95. The van der Waals surface area contributed by atoms with Gasteiger partial charge in [-0.25, -0.2) is 0 Å². The molecule has 1 atom stereocenters. The van der Waals surface area contributed by atoms with E-state index in [1.807, 2.05) is 11.8 Å². The summed E-state index contributed by atoms with van der Waals surface area (Å²) in [6, 6.07) is -0.0805. The van der Waals surface area contributed by atoms with Crippen LogP contribution >= 0.6 is 11.8 Å². The molecule has 0 aromatic carbocycles. The van der Waals surface area contributed by atoms with Crippen molar-refractivity contribution in [2.45, 2.75) is 43.0 Å². The maximum atomic E-state index is 11.3. The second-order valence-electron chi connectivity index (χ2n) is 4.09. The molecule has 0 amide bonds. The van der Waals surface area contributed by atoms with Crippen molar-refractivity contribution in [1.29, 1.82) is 0 Å². The van der Waals surface area contributed by atoms with Gasteiger partial charge in [-0.05, 0) is 12.8 Å².